The fourth-order valence-electron chi connectivity index (χ4n) is 1.73. The average molecular weight is 366 g/mol. The molecule has 1 heterocycles. The molecule has 1 aromatic heterocycles. The number of nitrogens with zero attached hydrogens (tertiary/aromatic N) is 2. The largest absolute Gasteiger partial charge is 0.497 e. The number of carbonyl (C=O) groups is 1. The van der Waals surface area contributed by atoms with Crippen molar-refractivity contribution < 1.29 is 13.9 Å². The Morgan fingerprint density at radius 3 is 2.82 bits per heavy atom. The highest BCUT2D eigenvalue weighted by Crippen LogP contribution is 2.27. The Morgan fingerprint density at radius 1 is 1.41 bits per heavy atom. The summed E-state index contributed by atoms with van der Waals surface area (Å²) in [5, 5.41) is 3.89. The van der Waals surface area contributed by atoms with Crippen LogP contribution in [0.3, 0.4) is 0 Å². The van der Waals surface area contributed by atoms with Crippen LogP contribution in [-0.4, -0.2) is 33.3 Å². The summed E-state index contributed by atoms with van der Waals surface area (Å²) in [5.41, 5.74) is 2.91. The van der Waals surface area contributed by atoms with Crippen molar-refractivity contribution in [3.05, 3.63) is 46.1 Å². The Balaban J connectivity index is 2.02. The molecule has 0 aliphatic rings. The van der Waals surface area contributed by atoms with Crippen molar-refractivity contribution in [1.29, 1.82) is 0 Å². The molecule has 7 heteroatoms. The number of hydrogen-bond acceptors (Lipinski definition) is 5. The zero-order chi connectivity index (χ0) is 16.1. The highest BCUT2D eigenvalue weighted by atomic mass is 79.9. The number of benzene rings is 1. The molecule has 0 fully saturated rings. The standard InChI is InChI=1S/C15H16BrN3O3/c1-19(2)15-13(16)8-12(22-15)9-17-18-14(20)10-5-4-6-11(7-10)21-3/h4-9H,1-3H3,(H,18,20). The number of amides is 1. The lowest BCUT2D eigenvalue weighted by Gasteiger charge is -2.07. The summed E-state index contributed by atoms with van der Waals surface area (Å²) in [5.74, 6) is 1.50. The first-order valence-electron chi connectivity index (χ1n) is 6.45. The van der Waals surface area contributed by atoms with Crippen molar-refractivity contribution in [3.8, 4) is 5.75 Å². The number of furan rings is 1. The van der Waals surface area contributed by atoms with Crippen molar-refractivity contribution in [2.45, 2.75) is 0 Å². The van der Waals surface area contributed by atoms with Crippen molar-refractivity contribution in [3.63, 3.8) is 0 Å². The minimum absolute atomic E-state index is 0.325. The fraction of sp³-hybridized carbons (Fsp3) is 0.200. The van der Waals surface area contributed by atoms with E-state index < -0.39 is 0 Å². The Hall–Kier alpha value is -2.28. The van der Waals surface area contributed by atoms with Gasteiger partial charge < -0.3 is 14.1 Å². The molecule has 0 radical (unpaired) electrons. The summed E-state index contributed by atoms with van der Waals surface area (Å²) >= 11 is 3.39. The van der Waals surface area contributed by atoms with Crippen LogP contribution in [0.15, 0.2) is 44.3 Å². The first-order valence-corrected chi connectivity index (χ1v) is 7.24. The van der Waals surface area contributed by atoms with Crippen LogP contribution in [-0.2, 0) is 0 Å². The lowest BCUT2D eigenvalue weighted by Crippen LogP contribution is -2.17. The van der Waals surface area contributed by atoms with Gasteiger partial charge in [0.1, 0.15) is 5.75 Å². The molecule has 0 bridgehead atoms. The maximum absolute atomic E-state index is 12.0. The summed E-state index contributed by atoms with van der Waals surface area (Å²) in [6, 6.07) is 8.60. The molecule has 0 atom stereocenters. The lowest BCUT2D eigenvalue weighted by molar-refractivity contribution is 0.0955. The van der Waals surface area contributed by atoms with Gasteiger partial charge in [-0.3, -0.25) is 4.79 Å². The van der Waals surface area contributed by atoms with Crippen LogP contribution in [0.2, 0.25) is 0 Å². The van der Waals surface area contributed by atoms with E-state index in [1.165, 1.54) is 6.21 Å². The molecular weight excluding hydrogens is 350 g/mol. The summed E-state index contributed by atoms with van der Waals surface area (Å²) in [7, 11) is 5.29. The number of rotatable bonds is 5. The lowest BCUT2D eigenvalue weighted by atomic mass is 10.2. The van der Waals surface area contributed by atoms with Crippen LogP contribution in [0.1, 0.15) is 16.1 Å². The molecule has 2 rings (SSSR count). The Bertz CT molecular complexity index is 695. The number of ether oxygens (including phenoxy) is 1. The second-order valence-corrected chi connectivity index (χ2v) is 5.48. The van der Waals surface area contributed by atoms with E-state index >= 15 is 0 Å². The van der Waals surface area contributed by atoms with Gasteiger partial charge in [-0.15, -0.1) is 0 Å². The molecule has 0 aliphatic heterocycles. The number of methoxy groups -OCH3 is 1. The second kappa shape index (κ2) is 7.13. The van der Waals surface area contributed by atoms with Crippen LogP contribution >= 0.6 is 15.9 Å². The third kappa shape index (κ3) is 3.88. The SMILES string of the molecule is COc1cccc(C(=O)NN=Cc2cc(Br)c(N(C)C)o2)c1. The zero-order valence-electron chi connectivity index (χ0n) is 12.5. The normalized spacial score (nSPS) is 10.7. The average Bonchev–Trinajstić information content (AvgIpc) is 2.88. The Labute approximate surface area is 136 Å². The molecule has 116 valence electrons. The van der Waals surface area contributed by atoms with E-state index in [-0.39, 0.29) is 5.91 Å². The number of carbonyl (C=O) groups excluding carboxylic acids is 1. The minimum Gasteiger partial charge on any atom is -0.497 e. The quantitative estimate of drug-likeness (QED) is 0.653. The van der Waals surface area contributed by atoms with Gasteiger partial charge in [0, 0.05) is 25.7 Å². The van der Waals surface area contributed by atoms with Gasteiger partial charge in [-0.1, -0.05) is 6.07 Å². The van der Waals surface area contributed by atoms with E-state index in [4.69, 9.17) is 9.15 Å². The van der Waals surface area contributed by atoms with Gasteiger partial charge in [0.25, 0.3) is 5.91 Å². The molecule has 0 saturated carbocycles. The minimum atomic E-state index is -0.325. The third-order valence-corrected chi connectivity index (χ3v) is 3.35. The Kier molecular flexibility index (Phi) is 5.21. The third-order valence-electron chi connectivity index (χ3n) is 2.78. The highest BCUT2D eigenvalue weighted by molar-refractivity contribution is 9.10. The van der Waals surface area contributed by atoms with Crippen LogP contribution in [0.4, 0.5) is 5.88 Å². The molecule has 0 aliphatic carbocycles. The van der Waals surface area contributed by atoms with Crippen LogP contribution in [0.25, 0.3) is 0 Å². The maximum atomic E-state index is 12.0. The molecule has 1 aromatic carbocycles. The van der Waals surface area contributed by atoms with Gasteiger partial charge in [-0.25, -0.2) is 5.43 Å². The predicted octanol–water partition coefficient (Wildman–Crippen LogP) is 2.88. The van der Waals surface area contributed by atoms with Crippen LogP contribution in [0, 0.1) is 0 Å². The molecule has 6 nitrogen and oxygen atoms in total. The number of hydrazone groups is 1. The van der Waals surface area contributed by atoms with Crippen LogP contribution < -0.4 is 15.1 Å². The summed E-state index contributed by atoms with van der Waals surface area (Å²) in [4.78, 5) is 13.8. The topological polar surface area (TPSA) is 67.1 Å². The molecule has 0 spiro atoms. The molecule has 1 N–H and O–H groups in total. The zero-order valence-corrected chi connectivity index (χ0v) is 14.0. The van der Waals surface area contributed by atoms with Gasteiger partial charge >= 0.3 is 0 Å². The smallest absolute Gasteiger partial charge is 0.271 e. The van der Waals surface area contributed by atoms with E-state index in [0.29, 0.717) is 23.0 Å². The van der Waals surface area contributed by atoms with Crippen LogP contribution in [0.5, 0.6) is 5.75 Å². The van der Waals surface area contributed by atoms with Crippen molar-refractivity contribution in [2.75, 3.05) is 26.1 Å². The van der Waals surface area contributed by atoms with Gasteiger partial charge in [0.15, 0.2) is 5.76 Å². The van der Waals surface area contributed by atoms with Gasteiger partial charge in [0.05, 0.1) is 17.8 Å². The fourth-order valence-corrected chi connectivity index (χ4v) is 2.39. The summed E-state index contributed by atoms with van der Waals surface area (Å²) in [6.07, 6.45) is 1.44. The molecule has 1 amide bonds. The predicted molar refractivity (Wildman–Crippen MR) is 88.8 cm³/mol. The maximum Gasteiger partial charge on any atom is 0.271 e. The van der Waals surface area contributed by atoms with E-state index in [1.54, 1.807) is 37.4 Å². The molecule has 0 unspecified atom stereocenters. The van der Waals surface area contributed by atoms with Gasteiger partial charge in [-0.2, -0.15) is 5.10 Å². The Morgan fingerprint density at radius 2 is 2.18 bits per heavy atom. The molecule has 2 aromatic rings. The number of anilines is 1. The number of hydrogen-bond donors (Lipinski definition) is 1. The van der Waals surface area contributed by atoms with E-state index in [0.717, 1.165) is 4.47 Å². The summed E-state index contributed by atoms with van der Waals surface area (Å²) < 4.78 is 11.4. The van der Waals surface area contributed by atoms with Crippen molar-refractivity contribution in [2.24, 2.45) is 5.10 Å². The van der Waals surface area contributed by atoms with E-state index in [9.17, 15) is 4.79 Å². The number of halogens is 1. The number of nitrogens with one attached hydrogen (secondary N) is 1. The molecule has 0 saturated heterocycles. The monoisotopic (exact) mass is 365 g/mol. The van der Waals surface area contributed by atoms with Crippen molar-refractivity contribution >= 4 is 33.9 Å². The van der Waals surface area contributed by atoms with Gasteiger partial charge in [-0.05, 0) is 34.1 Å². The van der Waals surface area contributed by atoms with Crippen molar-refractivity contribution in [1.82, 2.24) is 5.43 Å². The first-order chi connectivity index (χ1) is 10.5. The first kappa shape index (κ1) is 16.1. The highest BCUT2D eigenvalue weighted by Gasteiger charge is 2.09. The van der Waals surface area contributed by atoms with E-state index in [1.807, 2.05) is 19.0 Å². The van der Waals surface area contributed by atoms with Gasteiger partial charge in [0.2, 0.25) is 5.88 Å². The summed E-state index contributed by atoms with van der Waals surface area (Å²) in [6.45, 7) is 0. The second-order valence-electron chi connectivity index (χ2n) is 4.63. The van der Waals surface area contributed by atoms with E-state index in [2.05, 4.69) is 26.5 Å². The molecule has 22 heavy (non-hydrogen) atoms. The molecular formula is C15H16BrN3O3.